The van der Waals surface area contributed by atoms with Crippen LogP contribution in [0.15, 0.2) is 18.2 Å². The highest BCUT2D eigenvalue weighted by Gasteiger charge is 2.05. The summed E-state index contributed by atoms with van der Waals surface area (Å²) in [6, 6.07) is 5.64. The van der Waals surface area contributed by atoms with Crippen molar-refractivity contribution >= 4 is 23.1 Å². The first kappa shape index (κ1) is 10.7. The van der Waals surface area contributed by atoms with Crippen molar-refractivity contribution < 1.29 is 4.79 Å². The maximum absolute atomic E-state index is 10.3. The quantitative estimate of drug-likeness (QED) is 0.772. The van der Waals surface area contributed by atoms with Crippen LogP contribution in [0.1, 0.15) is 19.7 Å². The maximum atomic E-state index is 10.3. The Kier molecular flexibility index (Phi) is 2.90. The van der Waals surface area contributed by atoms with E-state index in [0.29, 0.717) is 12.3 Å². The van der Waals surface area contributed by atoms with Crippen LogP contribution in [0.3, 0.4) is 0 Å². The Bertz CT molecular complexity index is 502. The van der Waals surface area contributed by atoms with Crippen LogP contribution < -0.4 is 5.32 Å². The van der Waals surface area contributed by atoms with Crippen LogP contribution in [0.25, 0.3) is 11.0 Å². The van der Waals surface area contributed by atoms with Gasteiger partial charge in [-0.05, 0) is 24.1 Å². The fourth-order valence-electron chi connectivity index (χ4n) is 1.70. The minimum atomic E-state index is 0.577. The lowest BCUT2D eigenvalue weighted by Crippen LogP contribution is -1.95. The summed E-state index contributed by atoms with van der Waals surface area (Å²) in [6.45, 7) is 4.32. The number of anilines is 1. The summed E-state index contributed by atoms with van der Waals surface area (Å²) in [5.74, 6) is 1.57. The van der Waals surface area contributed by atoms with E-state index in [9.17, 15) is 4.79 Å². The number of carbonyl (C=O) groups is 1. The third kappa shape index (κ3) is 2.21. The monoisotopic (exact) mass is 217 g/mol. The predicted molar refractivity (Wildman–Crippen MR) is 64.3 cm³/mol. The van der Waals surface area contributed by atoms with E-state index in [0.717, 1.165) is 29.0 Å². The van der Waals surface area contributed by atoms with E-state index in [2.05, 4.69) is 29.1 Å². The molecule has 84 valence electrons. The number of nitrogens with zero attached hydrogens (tertiary/aromatic N) is 1. The van der Waals surface area contributed by atoms with Crippen molar-refractivity contribution in [2.24, 2.45) is 5.92 Å². The molecule has 0 spiro atoms. The highest BCUT2D eigenvalue weighted by molar-refractivity contribution is 5.83. The molecule has 0 atom stereocenters. The number of carbonyl (C=O) groups excluding carboxylic acids is 1. The van der Waals surface area contributed by atoms with Gasteiger partial charge in [-0.25, -0.2) is 4.98 Å². The lowest BCUT2D eigenvalue weighted by atomic mass is 10.1. The number of amides is 1. The molecule has 2 aromatic rings. The van der Waals surface area contributed by atoms with Crippen LogP contribution in [0, 0.1) is 5.92 Å². The largest absolute Gasteiger partial charge is 0.342 e. The molecule has 0 unspecified atom stereocenters. The summed E-state index contributed by atoms with van der Waals surface area (Å²) < 4.78 is 0. The van der Waals surface area contributed by atoms with Crippen molar-refractivity contribution in [1.82, 2.24) is 9.97 Å². The van der Waals surface area contributed by atoms with E-state index in [1.54, 1.807) is 0 Å². The van der Waals surface area contributed by atoms with E-state index in [1.165, 1.54) is 0 Å². The molecule has 0 radical (unpaired) electrons. The summed E-state index contributed by atoms with van der Waals surface area (Å²) in [5.41, 5.74) is 2.68. The van der Waals surface area contributed by atoms with Gasteiger partial charge in [-0.2, -0.15) is 0 Å². The van der Waals surface area contributed by atoms with Crippen LogP contribution >= 0.6 is 0 Å². The first-order chi connectivity index (χ1) is 7.69. The average molecular weight is 217 g/mol. The van der Waals surface area contributed by atoms with Crippen LogP contribution in [0.2, 0.25) is 0 Å². The Morgan fingerprint density at radius 1 is 1.50 bits per heavy atom. The second-order valence-corrected chi connectivity index (χ2v) is 4.28. The molecule has 0 fully saturated rings. The number of nitrogens with one attached hydrogen (secondary N) is 2. The van der Waals surface area contributed by atoms with Gasteiger partial charge in [-0.3, -0.25) is 4.79 Å². The molecule has 0 saturated heterocycles. The maximum Gasteiger partial charge on any atom is 0.211 e. The van der Waals surface area contributed by atoms with Crippen molar-refractivity contribution in [2.45, 2.75) is 20.3 Å². The molecule has 2 rings (SSSR count). The normalized spacial score (nSPS) is 10.9. The Morgan fingerprint density at radius 3 is 3.00 bits per heavy atom. The molecule has 0 aliphatic heterocycles. The summed E-state index contributed by atoms with van der Waals surface area (Å²) in [7, 11) is 0. The van der Waals surface area contributed by atoms with E-state index in [4.69, 9.17) is 0 Å². The lowest BCUT2D eigenvalue weighted by Gasteiger charge is -1.98. The molecule has 2 N–H and O–H groups in total. The molecule has 1 aromatic heterocycles. The summed E-state index contributed by atoms with van der Waals surface area (Å²) in [6.07, 6.45) is 1.61. The minimum Gasteiger partial charge on any atom is -0.342 e. The van der Waals surface area contributed by atoms with Gasteiger partial charge >= 0.3 is 0 Å². The highest BCUT2D eigenvalue weighted by atomic mass is 16.1. The number of imidazole rings is 1. The molecule has 0 saturated carbocycles. The fourth-order valence-corrected chi connectivity index (χ4v) is 1.70. The van der Waals surface area contributed by atoms with Crippen molar-refractivity contribution in [1.29, 1.82) is 0 Å². The van der Waals surface area contributed by atoms with Gasteiger partial charge in [0.05, 0.1) is 11.0 Å². The number of fused-ring (bicyclic) bond motifs is 1. The molecule has 0 aliphatic carbocycles. The lowest BCUT2D eigenvalue weighted by molar-refractivity contribution is -0.105. The number of aromatic nitrogens is 2. The Balaban J connectivity index is 2.34. The summed E-state index contributed by atoms with van der Waals surface area (Å²) in [5, 5.41) is 2.62. The van der Waals surface area contributed by atoms with Crippen molar-refractivity contribution in [3.05, 3.63) is 24.0 Å². The number of aromatic amines is 1. The zero-order valence-electron chi connectivity index (χ0n) is 9.45. The van der Waals surface area contributed by atoms with Gasteiger partial charge in [0.25, 0.3) is 0 Å². The molecular weight excluding hydrogens is 202 g/mol. The molecule has 1 aromatic carbocycles. The smallest absolute Gasteiger partial charge is 0.211 e. The van der Waals surface area contributed by atoms with Gasteiger partial charge in [0, 0.05) is 12.1 Å². The third-order valence-corrected chi connectivity index (χ3v) is 2.36. The molecular formula is C12H15N3O. The number of hydrogen-bond donors (Lipinski definition) is 2. The molecule has 0 aliphatic rings. The standard InChI is InChI=1S/C12H15N3O/c1-8(2)5-12-14-10-4-3-9(13-7-16)6-11(10)15-12/h3-4,6-8H,5H2,1-2H3,(H,13,16)(H,14,15). The van der Waals surface area contributed by atoms with Gasteiger partial charge in [-0.15, -0.1) is 0 Å². The molecule has 4 nitrogen and oxygen atoms in total. The second-order valence-electron chi connectivity index (χ2n) is 4.28. The molecule has 1 amide bonds. The van der Waals surface area contributed by atoms with Crippen molar-refractivity contribution in [3.63, 3.8) is 0 Å². The van der Waals surface area contributed by atoms with Crippen LogP contribution in [0.5, 0.6) is 0 Å². The van der Waals surface area contributed by atoms with E-state index < -0.39 is 0 Å². The van der Waals surface area contributed by atoms with E-state index in [-0.39, 0.29) is 0 Å². The van der Waals surface area contributed by atoms with Gasteiger partial charge in [-0.1, -0.05) is 13.8 Å². The number of benzene rings is 1. The summed E-state index contributed by atoms with van der Waals surface area (Å²) in [4.78, 5) is 18.1. The van der Waals surface area contributed by atoms with Gasteiger partial charge in [0.15, 0.2) is 0 Å². The molecule has 1 heterocycles. The zero-order chi connectivity index (χ0) is 11.5. The average Bonchev–Trinajstić information content (AvgIpc) is 2.58. The Hall–Kier alpha value is -1.84. The van der Waals surface area contributed by atoms with Crippen molar-refractivity contribution in [3.8, 4) is 0 Å². The van der Waals surface area contributed by atoms with E-state index >= 15 is 0 Å². The molecule has 16 heavy (non-hydrogen) atoms. The third-order valence-electron chi connectivity index (χ3n) is 2.36. The topological polar surface area (TPSA) is 57.8 Å². The van der Waals surface area contributed by atoms with Gasteiger partial charge in [0.2, 0.25) is 6.41 Å². The molecule has 4 heteroatoms. The highest BCUT2D eigenvalue weighted by Crippen LogP contribution is 2.18. The number of H-pyrrole nitrogens is 1. The number of rotatable bonds is 4. The van der Waals surface area contributed by atoms with Gasteiger partial charge < -0.3 is 10.3 Å². The second kappa shape index (κ2) is 4.35. The zero-order valence-corrected chi connectivity index (χ0v) is 9.45. The SMILES string of the molecule is CC(C)Cc1nc2ccc(NC=O)cc2[nH]1. The van der Waals surface area contributed by atoms with Crippen LogP contribution in [-0.2, 0) is 11.2 Å². The first-order valence-corrected chi connectivity index (χ1v) is 5.38. The summed E-state index contributed by atoms with van der Waals surface area (Å²) >= 11 is 0. The molecule has 0 bridgehead atoms. The first-order valence-electron chi connectivity index (χ1n) is 5.38. The minimum absolute atomic E-state index is 0.577. The van der Waals surface area contributed by atoms with E-state index in [1.807, 2.05) is 18.2 Å². The van der Waals surface area contributed by atoms with Crippen LogP contribution in [0.4, 0.5) is 5.69 Å². The van der Waals surface area contributed by atoms with Gasteiger partial charge in [0.1, 0.15) is 5.82 Å². The fraction of sp³-hybridized carbons (Fsp3) is 0.333. The Labute approximate surface area is 94.1 Å². The number of hydrogen-bond acceptors (Lipinski definition) is 2. The van der Waals surface area contributed by atoms with Crippen LogP contribution in [-0.4, -0.2) is 16.4 Å². The van der Waals surface area contributed by atoms with Crippen molar-refractivity contribution in [2.75, 3.05) is 5.32 Å². The predicted octanol–water partition coefficient (Wildman–Crippen LogP) is 2.33. The Morgan fingerprint density at radius 2 is 2.31 bits per heavy atom.